The molecule has 232 valence electrons. The van der Waals surface area contributed by atoms with Crippen LogP contribution in [0.5, 0.6) is 0 Å². The molecule has 6 heteroatoms. The van der Waals surface area contributed by atoms with Crippen LogP contribution in [0.2, 0.25) is 0 Å². The van der Waals surface area contributed by atoms with E-state index in [9.17, 15) is 19.2 Å². The normalized spacial score (nSPS) is 38.7. The minimum atomic E-state index is -0.174. The highest BCUT2D eigenvalue weighted by atomic mass is 16.5. The Balaban J connectivity index is 1.20. The summed E-state index contributed by atoms with van der Waals surface area (Å²) >= 11 is 0. The molecule has 4 fully saturated rings. The second-order valence-corrected chi connectivity index (χ2v) is 14.8. The van der Waals surface area contributed by atoms with Crippen LogP contribution in [-0.2, 0) is 28.7 Å². The molecule has 4 aliphatic carbocycles. The summed E-state index contributed by atoms with van der Waals surface area (Å²) < 4.78 is 13.1. The van der Waals surface area contributed by atoms with Crippen molar-refractivity contribution in [1.82, 2.24) is 0 Å². The van der Waals surface area contributed by atoms with Crippen LogP contribution in [0, 0.1) is 40.9 Å². The van der Waals surface area contributed by atoms with Crippen molar-refractivity contribution < 1.29 is 28.7 Å². The lowest BCUT2D eigenvalue weighted by Gasteiger charge is -2.47. The first-order valence-corrected chi connectivity index (χ1v) is 16.7. The molecule has 4 aliphatic rings. The van der Waals surface area contributed by atoms with Crippen molar-refractivity contribution in [2.24, 2.45) is 40.9 Å². The number of ether oxygens (including phenoxy) is 2. The summed E-state index contributed by atoms with van der Waals surface area (Å²) in [5.74, 6) is 1.35. The molecule has 0 aliphatic heterocycles. The SMILES string of the molecule is CC(=O)C1CCC(OC2CCC(C(C)(C)C3CCC(OC4CCC(C(C)=O)C(C(C)=O)C4)CC3)CC2)CC1C(C)=O. The Bertz CT molecular complexity index is 864. The molecule has 0 aromatic carbocycles. The van der Waals surface area contributed by atoms with Crippen molar-refractivity contribution in [1.29, 1.82) is 0 Å². The number of carbonyl (C=O) groups excluding carboxylic acids is 4. The number of ketones is 4. The highest BCUT2D eigenvalue weighted by Gasteiger charge is 2.43. The van der Waals surface area contributed by atoms with Crippen molar-refractivity contribution in [2.45, 2.75) is 156 Å². The fourth-order valence-corrected chi connectivity index (χ4v) is 9.15. The van der Waals surface area contributed by atoms with Gasteiger partial charge in [0.15, 0.2) is 0 Å². The van der Waals surface area contributed by atoms with Crippen LogP contribution in [0.25, 0.3) is 0 Å². The monoisotopic (exact) mass is 572 g/mol. The summed E-state index contributed by atoms with van der Waals surface area (Å²) in [4.78, 5) is 48.5. The van der Waals surface area contributed by atoms with Crippen LogP contribution in [0.4, 0.5) is 0 Å². The van der Waals surface area contributed by atoms with Crippen LogP contribution < -0.4 is 0 Å². The molecule has 0 aromatic heterocycles. The van der Waals surface area contributed by atoms with Gasteiger partial charge in [-0.2, -0.15) is 0 Å². The van der Waals surface area contributed by atoms with Gasteiger partial charge in [0.25, 0.3) is 0 Å². The lowest BCUT2D eigenvalue weighted by molar-refractivity contribution is -0.138. The van der Waals surface area contributed by atoms with E-state index >= 15 is 0 Å². The number of rotatable bonds is 10. The number of carbonyl (C=O) groups is 4. The molecule has 0 amide bonds. The Hall–Kier alpha value is -1.40. The van der Waals surface area contributed by atoms with Gasteiger partial charge in [-0.25, -0.2) is 0 Å². The van der Waals surface area contributed by atoms with E-state index in [0.717, 1.165) is 51.4 Å². The lowest BCUT2D eigenvalue weighted by Crippen LogP contribution is -2.42. The maximum Gasteiger partial charge on any atom is 0.133 e. The Kier molecular flexibility index (Phi) is 11.0. The van der Waals surface area contributed by atoms with Gasteiger partial charge >= 0.3 is 0 Å². The minimum absolute atomic E-state index is 0.104. The first kappa shape index (κ1) is 32.5. The minimum Gasteiger partial charge on any atom is -0.375 e. The molecular formula is C35H56O6. The van der Waals surface area contributed by atoms with Gasteiger partial charge in [0.2, 0.25) is 0 Å². The third kappa shape index (κ3) is 7.96. The van der Waals surface area contributed by atoms with Crippen LogP contribution >= 0.6 is 0 Å². The summed E-state index contributed by atoms with van der Waals surface area (Å²) in [6.07, 6.45) is 14.6. The smallest absolute Gasteiger partial charge is 0.133 e. The third-order valence-corrected chi connectivity index (χ3v) is 11.9. The van der Waals surface area contributed by atoms with Crippen molar-refractivity contribution in [3.8, 4) is 0 Å². The molecule has 0 radical (unpaired) electrons. The van der Waals surface area contributed by atoms with Gasteiger partial charge in [0, 0.05) is 23.7 Å². The molecule has 6 unspecified atom stereocenters. The van der Waals surface area contributed by atoms with Crippen molar-refractivity contribution in [3.05, 3.63) is 0 Å². The fourth-order valence-electron chi connectivity index (χ4n) is 9.15. The van der Waals surface area contributed by atoms with Gasteiger partial charge in [-0.3, -0.25) is 19.2 Å². The van der Waals surface area contributed by atoms with E-state index in [-0.39, 0.29) is 76.6 Å². The number of hydrogen-bond acceptors (Lipinski definition) is 6. The molecule has 0 heterocycles. The van der Waals surface area contributed by atoms with Crippen LogP contribution in [0.3, 0.4) is 0 Å². The molecule has 6 atom stereocenters. The van der Waals surface area contributed by atoms with Crippen LogP contribution in [0.15, 0.2) is 0 Å². The van der Waals surface area contributed by atoms with E-state index in [0.29, 0.717) is 24.7 Å². The van der Waals surface area contributed by atoms with Crippen molar-refractivity contribution >= 4 is 23.1 Å². The summed E-state index contributed by atoms with van der Waals surface area (Å²) in [6.45, 7) is 11.5. The van der Waals surface area contributed by atoms with E-state index in [4.69, 9.17) is 9.47 Å². The summed E-state index contributed by atoms with van der Waals surface area (Å²) in [7, 11) is 0. The first-order chi connectivity index (χ1) is 19.4. The molecule has 0 bridgehead atoms. The van der Waals surface area contributed by atoms with Gasteiger partial charge in [-0.05, 0) is 135 Å². The van der Waals surface area contributed by atoms with Gasteiger partial charge < -0.3 is 9.47 Å². The lowest BCUT2D eigenvalue weighted by atomic mass is 9.60. The largest absolute Gasteiger partial charge is 0.375 e. The molecule has 0 N–H and O–H groups in total. The van der Waals surface area contributed by atoms with Gasteiger partial charge in [-0.1, -0.05) is 13.8 Å². The Morgan fingerprint density at radius 2 is 0.732 bits per heavy atom. The van der Waals surface area contributed by atoms with Crippen molar-refractivity contribution in [2.75, 3.05) is 0 Å². The number of hydrogen-bond donors (Lipinski definition) is 0. The summed E-state index contributed by atoms with van der Waals surface area (Å²) in [6, 6.07) is 0. The zero-order valence-corrected chi connectivity index (χ0v) is 26.6. The Morgan fingerprint density at radius 3 is 1.02 bits per heavy atom. The molecule has 0 aromatic rings. The highest BCUT2D eigenvalue weighted by Crippen LogP contribution is 2.49. The maximum atomic E-state index is 12.2. The molecule has 0 spiro atoms. The average Bonchev–Trinajstić information content (AvgIpc) is 2.93. The Labute approximate surface area is 248 Å². The van der Waals surface area contributed by atoms with Gasteiger partial charge in [0.05, 0.1) is 24.4 Å². The van der Waals surface area contributed by atoms with Gasteiger partial charge in [0.1, 0.15) is 23.1 Å². The van der Waals surface area contributed by atoms with Crippen LogP contribution in [-0.4, -0.2) is 47.5 Å². The van der Waals surface area contributed by atoms with E-state index < -0.39 is 0 Å². The van der Waals surface area contributed by atoms with E-state index in [1.165, 1.54) is 25.7 Å². The molecule has 4 saturated carbocycles. The standard InChI is InChI=1S/C35H56O6/c1-21(36)31-17-15-29(19-33(31)23(3)38)40-27-11-7-25(8-12-27)35(5,6)26-9-13-28(14-10-26)41-30-16-18-32(22(2)37)34(20-30)24(4)39/h25-34H,7-20H2,1-6H3. The van der Waals surface area contributed by atoms with Gasteiger partial charge in [-0.15, -0.1) is 0 Å². The Morgan fingerprint density at radius 1 is 0.439 bits per heavy atom. The fraction of sp³-hybridized carbons (Fsp3) is 0.886. The van der Waals surface area contributed by atoms with Crippen LogP contribution in [0.1, 0.15) is 131 Å². The first-order valence-electron chi connectivity index (χ1n) is 16.7. The molecule has 6 nitrogen and oxygen atoms in total. The predicted octanol–water partition coefficient (Wildman–Crippen LogP) is 7.09. The second-order valence-electron chi connectivity index (χ2n) is 14.8. The molecule has 4 rings (SSSR count). The molecular weight excluding hydrogens is 516 g/mol. The molecule has 41 heavy (non-hydrogen) atoms. The summed E-state index contributed by atoms with van der Waals surface area (Å²) in [5.41, 5.74) is 0.286. The van der Waals surface area contributed by atoms with E-state index in [1.807, 2.05) is 0 Å². The average molecular weight is 573 g/mol. The molecule has 0 saturated heterocycles. The maximum absolute atomic E-state index is 12.2. The predicted molar refractivity (Wildman–Crippen MR) is 159 cm³/mol. The quantitative estimate of drug-likeness (QED) is 0.278. The van der Waals surface area contributed by atoms with E-state index in [1.54, 1.807) is 27.7 Å². The topological polar surface area (TPSA) is 86.7 Å². The summed E-state index contributed by atoms with van der Waals surface area (Å²) in [5, 5.41) is 0. The van der Waals surface area contributed by atoms with E-state index in [2.05, 4.69) is 13.8 Å². The second kappa shape index (κ2) is 13.9. The zero-order valence-electron chi connectivity index (χ0n) is 26.6. The number of Topliss-reactive ketones (excluding diaryl/α,β-unsaturated/α-hetero) is 4. The third-order valence-electron chi connectivity index (χ3n) is 11.9. The zero-order chi connectivity index (χ0) is 29.9. The van der Waals surface area contributed by atoms with Crippen molar-refractivity contribution in [3.63, 3.8) is 0 Å². The highest BCUT2D eigenvalue weighted by molar-refractivity contribution is 5.88.